The fraction of sp³-hybridized carbons (Fsp3) is 0.0909. The summed E-state index contributed by atoms with van der Waals surface area (Å²) < 4.78 is 0. The molecule has 0 aliphatic heterocycles. The zero-order valence-corrected chi connectivity index (χ0v) is 15.0. The Hall–Kier alpha value is -3.60. The monoisotopic (exact) mass is 359 g/mol. The van der Waals surface area contributed by atoms with Crippen LogP contribution in [0.2, 0.25) is 0 Å². The third-order valence-electron chi connectivity index (χ3n) is 4.03. The van der Waals surface area contributed by atoms with Crippen LogP contribution in [0.5, 0.6) is 0 Å². The molecule has 5 nitrogen and oxygen atoms in total. The highest BCUT2D eigenvalue weighted by atomic mass is 16.2. The first kappa shape index (κ1) is 18.2. The van der Waals surface area contributed by atoms with Gasteiger partial charge in [0, 0.05) is 22.6 Å². The smallest absolute Gasteiger partial charge is 0.322 e. The summed E-state index contributed by atoms with van der Waals surface area (Å²) in [7, 11) is 0. The molecule has 3 rings (SSSR count). The van der Waals surface area contributed by atoms with Gasteiger partial charge in [-0.25, -0.2) is 4.79 Å². The number of aryl methyl sites for hydroxylation is 1. The van der Waals surface area contributed by atoms with Crippen molar-refractivity contribution in [2.24, 2.45) is 0 Å². The quantitative estimate of drug-likeness (QED) is 0.590. The molecule has 0 saturated carbocycles. The molecule has 0 atom stereocenters. The second kappa shape index (κ2) is 8.67. The molecule has 0 spiro atoms. The maximum absolute atomic E-state index is 12.4. The molecule has 0 aliphatic carbocycles. The lowest BCUT2D eigenvalue weighted by molar-refractivity contribution is 0.102. The van der Waals surface area contributed by atoms with Crippen molar-refractivity contribution in [3.63, 3.8) is 0 Å². The minimum Gasteiger partial charge on any atom is -0.322 e. The molecule has 136 valence electrons. The van der Waals surface area contributed by atoms with E-state index in [0.29, 0.717) is 22.6 Å². The molecule has 0 heterocycles. The average molecular weight is 359 g/mol. The van der Waals surface area contributed by atoms with Crippen LogP contribution in [0.15, 0.2) is 78.9 Å². The van der Waals surface area contributed by atoms with Crippen LogP contribution in [0.3, 0.4) is 0 Å². The number of benzene rings is 3. The van der Waals surface area contributed by atoms with Crippen LogP contribution >= 0.6 is 0 Å². The van der Waals surface area contributed by atoms with Gasteiger partial charge in [0.25, 0.3) is 5.91 Å². The van der Waals surface area contributed by atoms with Gasteiger partial charge in [0.05, 0.1) is 0 Å². The minimum atomic E-state index is -0.347. The first-order valence-corrected chi connectivity index (χ1v) is 8.77. The van der Waals surface area contributed by atoms with Crippen molar-refractivity contribution in [1.29, 1.82) is 0 Å². The second-order valence-electron chi connectivity index (χ2n) is 6.03. The van der Waals surface area contributed by atoms with Crippen LogP contribution in [0.4, 0.5) is 21.9 Å². The molecule has 3 aromatic carbocycles. The Balaban J connectivity index is 1.62. The zero-order chi connectivity index (χ0) is 19.1. The number of urea groups is 1. The molecule has 5 heteroatoms. The van der Waals surface area contributed by atoms with Gasteiger partial charge in [-0.15, -0.1) is 0 Å². The normalized spacial score (nSPS) is 10.1. The highest BCUT2D eigenvalue weighted by molar-refractivity contribution is 6.05. The first-order valence-electron chi connectivity index (χ1n) is 8.77. The summed E-state index contributed by atoms with van der Waals surface area (Å²) in [5.74, 6) is -0.191. The van der Waals surface area contributed by atoms with Crippen molar-refractivity contribution >= 4 is 29.0 Å². The van der Waals surface area contributed by atoms with Crippen molar-refractivity contribution in [1.82, 2.24) is 0 Å². The SMILES string of the molecule is CCc1ccc(C(=O)Nc2cccc(NC(=O)Nc3ccccc3)c2)cc1. The minimum absolute atomic E-state index is 0.191. The van der Waals surface area contributed by atoms with E-state index >= 15 is 0 Å². The number of nitrogens with one attached hydrogen (secondary N) is 3. The van der Waals surface area contributed by atoms with Crippen molar-refractivity contribution in [3.8, 4) is 0 Å². The van der Waals surface area contributed by atoms with E-state index < -0.39 is 0 Å². The Morgan fingerprint density at radius 3 is 1.96 bits per heavy atom. The Morgan fingerprint density at radius 1 is 0.704 bits per heavy atom. The summed E-state index contributed by atoms with van der Waals surface area (Å²) in [5.41, 5.74) is 3.67. The standard InChI is InChI=1S/C22H21N3O2/c1-2-16-11-13-17(14-12-16)21(26)23-19-9-6-10-20(15-19)25-22(27)24-18-7-4-3-5-8-18/h3-15H,2H2,1H3,(H,23,26)(H2,24,25,27). The average Bonchev–Trinajstić information content (AvgIpc) is 2.69. The highest BCUT2D eigenvalue weighted by Crippen LogP contribution is 2.17. The van der Waals surface area contributed by atoms with E-state index in [1.807, 2.05) is 42.5 Å². The predicted octanol–water partition coefficient (Wildman–Crippen LogP) is 5.15. The lowest BCUT2D eigenvalue weighted by Crippen LogP contribution is -2.19. The lowest BCUT2D eigenvalue weighted by Gasteiger charge is -2.10. The van der Waals surface area contributed by atoms with Crippen LogP contribution < -0.4 is 16.0 Å². The van der Waals surface area contributed by atoms with Crippen molar-refractivity contribution in [3.05, 3.63) is 90.0 Å². The lowest BCUT2D eigenvalue weighted by atomic mass is 10.1. The Kier molecular flexibility index (Phi) is 5.84. The highest BCUT2D eigenvalue weighted by Gasteiger charge is 2.07. The number of anilines is 3. The largest absolute Gasteiger partial charge is 0.323 e. The van der Waals surface area contributed by atoms with Gasteiger partial charge in [-0.3, -0.25) is 4.79 Å². The van der Waals surface area contributed by atoms with Gasteiger partial charge in [-0.1, -0.05) is 43.3 Å². The Bertz CT molecular complexity index is 922. The van der Waals surface area contributed by atoms with Crippen LogP contribution in [0.1, 0.15) is 22.8 Å². The van der Waals surface area contributed by atoms with E-state index in [-0.39, 0.29) is 11.9 Å². The molecule has 0 saturated heterocycles. The van der Waals surface area contributed by atoms with Gasteiger partial charge in [-0.2, -0.15) is 0 Å². The van der Waals surface area contributed by atoms with E-state index in [4.69, 9.17) is 0 Å². The summed E-state index contributed by atoms with van der Waals surface area (Å²) in [6.45, 7) is 2.07. The van der Waals surface area contributed by atoms with E-state index in [2.05, 4.69) is 22.9 Å². The third-order valence-corrected chi connectivity index (χ3v) is 4.03. The number of para-hydroxylation sites is 1. The number of hydrogen-bond acceptors (Lipinski definition) is 2. The van der Waals surface area contributed by atoms with Crippen molar-refractivity contribution in [2.75, 3.05) is 16.0 Å². The van der Waals surface area contributed by atoms with E-state index in [1.54, 1.807) is 36.4 Å². The van der Waals surface area contributed by atoms with Crippen LogP contribution in [0, 0.1) is 0 Å². The third kappa shape index (κ3) is 5.19. The fourth-order valence-corrected chi connectivity index (χ4v) is 2.58. The maximum Gasteiger partial charge on any atom is 0.323 e. The number of carbonyl (C=O) groups is 2. The van der Waals surface area contributed by atoms with Crippen LogP contribution in [-0.2, 0) is 6.42 Å². The molecular formula is C22H21N3O2. The molecular weight excluding hydrogens is 338 g/mol. The zero-order valence-electron chi connectivity index (χ0n) is 15.0. The summed E-state index contributed by atoms with van der Waals surface area (Å²) in [4.78, 5) is 24.5. The van der Waals surface area contributed by atoms with Crippen molar-refractivity contribution in [2.45, 2.75) is 13.3 Å². The van der Waals surface area contributed by atoms with Gasteiger partial charge < -0.3 is 16.0 Å². The molecule has 0 fully saturated rings. The van der Waals surface area contributed by atoms with Gasteiger partial charge in [0.15, 0.2) is 0 Å². The second-order valence-corrected chi connectivity index (χ2v) is 6.03. The first-order chi connectivity index (χ1) is 13.1. The number of rotatable bonds is 5. The van der Waals surface area contributed by atoms with Gasteiger partial charge in [0.2, 0.25) is 0 Å². The number of hydrogen-bond donors (Lipinski definition) is 3. The summed E-state index contributed by atoms with van der Waals surface area (Å²) >= 11 is 0. The fourth-order valence-electron chi connectivity index (χ4n) is 2.58. The molecule has 0 aliphatic rings. The summed E-state index contributed by atoms with van der Waals surface area (Å²) in [6.07, 6.45) is 0.931. The maximum atomic E-state index is 12.4. The van der Waals surface area contributed by atoms with Gasteiger partial charge in [-0.05, 0) is 54.4 Å². The van der Waals surface area contributed by atoms with E-state index in [9.17, 15) is 9.59 Å². The van der Waals surface area contributed by atoms with E-state index in [1.165, 1.54) is 5.56 Å². The van der Waals surface area contributed by atoms with Crippen LogP contribution in [0.25, 0.3) is 0 Å². The van der Waals surface area contributed by atoms with Crippen molar-refractivity contribution < 1.29 is 9.59 Å². The topological polar surface area (TPSA) is 70.2 Å². The van der Waals surface area contributed by atoms with Crippen LogP contribution in [-0.4, -0.2) is 11.9 Å². The Morgan fingerprint density at radius 2 is 1.30 bits per heavy atom. The molecule has 3 amide bonds. The van der Waals surface area contributed by atoms with E-state index in [0.717, 1.165) is 6.42 Å². The molecule has 3 N–H and O–H groups in total. The number of amides is 3. The van der Waals surface area contributed by atoms with Gasteiger partial charge >= 0.3 is 6.03 Å². The summed E-state index contributed by atoms with van der Waals surface area (Å²) in [6, 6.07) is 23.4. The summed E-state index contributed by atoms with van der Waals surface area (Å²) in [5, 5.41) is 8.36. The Labute approximate surface area is 158 Å². The molecule has 0 bridgehead atoms. The molecule has 0 radical (unpaired) electrons. The molecule has 0 aromatic heterocycles. The predicted molar refractivity (Wildman–Crippen MR) is 109 cm³/mol. The molecule has 3 aromatic rings. The number of carbonyl (C=O) groups excluding carboxylic acids is 2. The molecule has 27 heavy (non-hydrogen) atoms. The molecule has 0 unspecified atom stereocenters. The van der Waals surface area contributed by atoms with Gasteiger partial charge in [0.1, 0.15) is 0 Å².